The van der Waals surface area contributed by atoms with E-state index >= 15 is 0 Å². The van der Waals surface area contributed by atoms with Crippen molar-refractivity contribution < 1.29 is 14.3 Å². The molecule has 0 saturated heterocycles. The van der Waals surface area contributed by atoms with Crippen LogP contribution in [0.15, 0.2) is 65.1 Å². The number of hydrogen-bond donors (Lipinski definition) is 2. The van der Waals surface area contributed by atoms with Gasteiger partial charge in [-0.05, 0) is 35.4 Å². The first-order valence-corrected chi connectivity index (χ1v) is 8.47. The number of rotatable bonds is 3. The molecule has 0 aliphatic rings. The van der Waals surface area contributed by atoms with E-state index in [0.29, 0.717) is 4.47 Å². The van der Waals surface area contributed by atoms with Crippen molar-refractivity contribution in [3.05, 3.63) is 81.5 Å². The zero-order chi connectivity index (χ0) is 18.0. The minimum absolute atomic E-state index is 0.0156. The number of phenolic OH excluding ortho intramolecular Hbond substituents is 1. The fourth-order valence-electron chi connectivity index (χ4n) is 2.36. The molecule has 0 aromatic heterocycles. The van der Waals surface area contributed by atoms with Gasteiger partial charge >= 0.3 is 0 Å². The Labute approximate surface area is 157 Å². The molecule has 3 aromatic rings. The highest BCUT2D eigenvalue weighted by atomic mass is 79.9. The van der Waals surface area contributed by atoms with Crippen molar-refractivity contribution in [3.8, 4) is 16.9 Å². The van der Waals surface area contributed by atoms with Gasteiger partial charge in [-0.3, -0.25) is 4.79 Å². The van der Waals surface area contributed by atoms with Gasteiger partial charge in [-0.25, -0.2) is 4.39 Å². The summed E-state index contributed by atoms with van der Waals surface area (Å²) >= 11 is 9.08. The van der Waals surface area contributed by atoms with Gasteiger partial charge in [-0.15, -0.1) is 0 Å². The van der Waals surface area contributed by atoms with Gasteiger partial charge in [-0.1, -0.05) is 63.9 Å². The Kier molecular flexibility index (Phi) is 5.06. The topological polar surface area (TPSA) is 49.3 Å². The molecule has 25 heavy (non-hydrogen) atoms. The quantitative estimate of drug-likeness (QED) is 0.557. The van der Waals surface area contributed by atoms with E-state index in [2.05, 4.69) is 21.2 Å². The molecule has 1 amide bonds. The first kappa shape index (κ1) is 17.5. The number of phenols is 1. The third-order valence-electron chi connectivity index (χ3n) is 3.59. The molecule has 6 heteroatoms. The number of carbonyl (C=O) groups excluding carboxylic acids is 1. The standard InChI is InChI=1S/C19H12BrClFNO2/c20-13-9-14(18(24)15(21)10-13)19(25)23-17-8-12(6-7-16(17)22)11-4-2-1-3-5-11/h1-10,24H,(H,23,25). The monoisotopic (exact) mass is 419 g/mol. The van der Waals surface area contributed by atoms with Gasteiger partial charge in [-0.2, -0.15) is 0 Å². The zero-order valence-electron chi connectivity index (χ0n) is 12.8. The SMILES string of the molecule is O=C(Nc1cc(-c2ccccc2)ccc1F)c1cc(Br)cc(Cl)c1O. The molecule has 0 aliphatic carbocycles. The fraction of sp³-hybridized carbons (Fsp3) is 0. The van der Waals surface area contributed by atoms with Gasteiger partial charge in [0.1, 0.15) is 11.6 Å². The zero-order valence-corrected chi connectivity index (χ0v) is 15.1. The van der Waals surface area contributed by atoms with Crippen molar-refractivity contribution in [1.29, 1.82) is 0 Å². The lowest BCUT2D eigenvalue weighted by molar-refractivity contribution is 0.102. The average Bonchev–Trinajstić information content (AvgIpc) is 2.60. The number of aromatic hydroxyl groups is 1. The number of anilines is 1. The van der Waals surface area contributed by atoms with Crippen molar-refractivity contribution >= 4 is 39.1 Å². The van der Waals surface area contributed by atoms with Crippen LogP contribution in [0.5, 0.6) is 5.75 Å². The van der Waals surface area contributed by atoms with Crippen molar-refractivity contribution in [1.82, 2.24) is 0 Å². The van der Waals surface area contributed by atoms with Crippen LogP contribution < -0.4 is 5.32 Å². The smallest absolute Gasteiger partial charge is 0.259 e. The molecule has 0 saturated carbocycles. The summed E-state index contributed by atoms with van der Waals surface area (Å²) in [7, 11) is 0. The van der Waals surface area contributed by atoms with E-state index in [1.165, 1.54) is 18.2 Å². The molecule has 2 N–H and O–H groups in total. The van der Waals surface area contributed by atoms with Crippen LogP contribution in [-0.2, 0) is 0 Å². The number of nitrogens with one attached hydrogen (secondary N) is 1. The Balaban J connectivity index is 1.94. The third kappa shape index (κ3) is 3.83. The minimum Gasteiger partial charge on any atom is -0.506 e. The third-order valence-corrected chi connectivity index (χ3v) is 4.34. The molecule has 0 heterocycles. The maximum absolute atomic E-state index is 14.1. The van der Waals surface area contributed by atoms with Crippen LogP contribution >= 0.6 is 27.5 Å². The van der Waals surface area contributed by atoms with Crippen LogP contribution in [0.4, 0.5) is 10.1 Å². The molecule has 0 spiro atoms. The first-order chi connectivity index (χ1) is 12.0. The van der Waals surface area contributed by atoms with E-state index in [1.54, 1.807) is 12.1 Å². The molecule has 3 aromatic carbocycles. The molecule has 0 fully saturated rings. The second kappa shape index (κ2) is 7.25. The van der Waals surface area contributed by atoms with Crippen LogP contribution in [-0.4, -0.2) is 11.0 Å². The maximum Gasteiger partial charge on any atom is 0.259 e. The number of halogens is 3. The van der Waals surface area contributed by atoms with E-state index in [-0.39, 0.29) is 22.0 Å². The first-order valence-electron chi connectivity index (χ1n) is 7.30. The second-order valence-electron chi connectivity index (χ2n) is 5.30. The molecule has 0 aliphatic heterocycles. The Morgan fingerprint density at radius 3 is 2.48 bits per heavy atom. The summed E-state index contributed by atoms with van der Waals surface area (Å²) in [5.41, 5.74) is 1.62. The summed E-state index contributed by atoms with van der Waals surface area (Å²) in [5, 5.41) is 12.5. The largest absolute Gasteiger partial charge is 0.506 e. The normalized spacial score (nSPS) is 10.5. The number of amides is 1. The van der Waals surface area contributed by atoms with E-state index in [0.717, 1.165) is 11.1 Å². The van der Waals surface area contributed by atoms with Crippen LogP contribution in [0.2, 0.25) is 5.02 Å². The summed E-state index contributed by atoms with van der Waals surface area (Å²) < 4.78 is 14.6. The van der Waals surface area contributed by atoms with Gasteiger partial charge in [0, 0.05) is 4.47 Å². The Morgan fingerprint density at radius 2 is 1.76 bits per heavy atom. The van der Waals surface area contributed by atoms with E-state index in [9.17, 15) is 14.3 Å². The summed E-state index contributed by atoms with van der Waals surface area (Å²) in [5.74, 6) is -1.60. The van der Waals surface area contributed by atoms with Crippen molar-refractivity contribution in [2.24, 2.45) is 0 Å². The fourth-order valence-corrected chi connectivity index (χ4v) is 3.17. The number of hydrogen-bond acceptors (Lipinski definition) is 2. The lowest BCUT2D eigenvalue weighted by atomic mass is 10.0. The summed E-state index contributed by atoms with van der Waals surface area (Å²) in [6.45, 7) is 0. The van der Waals surface area contributed by atoms with Crippen LogP contribution in [0.3, 0.4) is 0 Å². The molecule has 3 rings (SSSR count). The van der Waals surface area contributed by atoms with Gasteiger partial charge < -0.3 is 10.4 Å². The lowest BCUT2D eigenvalue weighted by Gasteiger charge is -2.11. The highest BCUT2D eigenvalue weighted by molar-refractivity contribution is 9.10. The van der Waals surface area contributed by atoms with Crippen LogP contribution in [0.1, 0.15) is 10.4 Å². The van der Waals surface area contributed by atoms with Gasteiger partial charge in [0.15, 0.2) is 0 Å². The van der Waals surface area contributed by atoms with Gasteiger partial charge in [0.05, 0.1) is 16.3 Å². The summed E-state index contributed by atoms with van der Waals surface area (Å²) in [6.07, 6.45) is 0. The molecule has 0 bridgehead atoms. The highest BCUT2D eigenvalue weighted by Crippen LogP contribution is 2.32. The Hall–Kier alpha value is -2.37. The van der Waals surface area contributed by atoms with Gasteiger partial charge in [0.2, 0.25) is 0 Å². The highest BCUT2D eigenvalue weighted by Gasteiger charge is 2.17. The van der Waals surface area contributed by atoms with Crippen molar-refractivity contribution in [3.63, 3.8) is 0 Å². The predicted octanol–water partition coefficient (Wildman–Crippen LogP) is 5.87. The molecule has 0 atom stereocenters. The lowest BCUT2D eigenvalue weighted by Crippen LogP contribution is -2.13. The van der Waals surface area contributed by atoms with Crippen molar-refractivity contribution in [2.45, 2.75) is 0 Å². The summed E-state index contributed by atoms with van der Waals surface area (Å²) in [4.78, 5) is 12.4. The predicted molar refractivity (Wildman–Crippen MR) is 101 cm³/mol. The molecule has 126 valence electrons. The molecular formula is C19H12BrClFNO2. The Bertz CT molecular complexity index is 948. The average molecular weight is 421 g/mol. The van der Waals surface area contributed by atoms with Crippen LogP contribution in [0, 0.1) is 5.82 Å². The van der Waals surface area contributed by atoms with E-state index in [4.69, 9.17) is 11.6 Å². The molecule has 3 nitrogen and oxygen atoms in total. The molecule has 0 radical (unpaired) electrons. The number of benzene rings is 3. The van der Waals surface area contributed by atoms with Crippen LogP contribution in [0.25, 0.3) is 11.1 Å². The maximum atomic E-state index is 14.1. The second-order valence-corrected chi connectivity index (χ2v) is 6.62. The Morgan fingerprint density at radius 1 is 1.04 bits per heavy atom. The minimum atomic E-state index is -0.662. The van der Waals surface area contributed by atoms with E-state index in [1.807, 2.05) is 30.3 Å². The molecular weight excluding hydrogens is 409 g/mol. The summed E-state index contributed by atoms with van der Waals surface area (Å²) in [6, 6.07) is 16.7. The number of carbonyl (C=O) groups is 1. The van der Waals surface area contributed by atoms with E-state index < -0.39 is 11.7 Å². The van der Waals surface area contributed by atoms with Crippen molar-refractivity contribution in [2.75, 3.05) is 5.32 Å². The van der Waals surface area contributed by atoms with Gasteiger partial charge in [0.25, 0.3) is 5.91 Å². The molecule has 0 unspecified atom stereocenters.